The molecule has 0 radical (unpaired) electrons. The van der Waals surface area contributed by atoms with E-state index in [9.17, 15) is 13.2 Å². The fourth-order valence-electron chi connectivity index (χ4n) is 3.95. The molecule has 1 fully saturated rings. The highest BCUT2D eigenvalue weighted by molar-refractivity contribution is 7.89. The Hall–Kier alpha value is -2.22. The maximum absolute atomic E-state index is 13.0. The number of anilines is 1. The highest BCUT2D eigenvalue weighted by Gasteiger charge is 2.32. The van der Waals surface area contributed by atoms with Gasteiger partial charge in [0.25, 0.3) is 5.91 Å². The van der Waals surface area contributed by atoms with Gasteiger partial charge < -0.3 is 9.64 Å². The Morgan fingerprint density at radius 3 is 2.32 bits per heavy atom. The van der Waals surface area contributed by atoms with Crippen LogP contribution in [0.2, 0.25) is 0 Å². The zero-order valence-corrected chi connectivity index (χ0v) is 16.9. The second-order valence-corrected chi connectivity index (χ2v) is 9.38. The molecule has 0 aromatic heterocycles. The van der Waals surface area contributed by atoms with Gasteiger partial charge in [-0.05, 0) is 56.2 Å². The van der Waals surface area contributed by atoms with E-state index in [0.717, 1.165) is 17.7 Å². The van der Waals surface area contributed by atoms with Crippen LogP contribution in [0.1, 0.15) is 29.8 Å². The van der Waals surface area contributed by atoms with Crippen LogP contribution in [-0.4, -0.2) is 50.5 Å². The number of ether oxygens (including phenoxy) is 1. The summed E-state index contributed by atoms with van der Waals surface area (Å²) in [5.41, 5.74) is 2.57. The molecule has 0 saturated carbocycles. The zero-order valence-electron chi connectivity index (χ0n) is 16.0. The minimum atomic E-state index is -3.61. The van der Waals surface area contributed by atoms with Crippen molar-refractivity contribution in [3.63, 3.8) is 0 Å². The molecule has 6 nitrogen and oxygen atoms in total. The smallest absolute Gasteiger partial charge is 0.258 e. The fraction of sp³-hybridized carbons (Fsp3) is 0.381. The Balaban J connectivity index is 1.55. The number of benzene rings is 2. The molecular weight excluding hydrogens is 376 g/mol. The maximum Gasteiger partial charge on any atom is 0.258 e. The summed E-state index contributed by atoms with van der Waals surface area (Å²) >= 11 is 0. The van der Waals surface area contributed by atoms with Crippen molar-refractivity contribution in [1.29, 1.82) is 0 Å². The number of carbonyl (C=O) groups is 1. The molecule has 2 aromatic rings. The molecule has 2 aromatic carbocycles. The first kappa shape index (κ1) is 19.1. The van der Waals surface area contributed by atoms with Crippen LogP contribution in [-0.2, 0) is 21.2 Å². The molecule has 2 aliphatic heterocycles. The van der Waals surface area contributed by atoms with Crippen molar-refractivity contribution >= 4 is 21.6 Å². The van der Waals surface area contributed by atoms with Crippen LogP contribution in [0.5, 0.6) is 0 Å². The summed E-state index contributed by atoms with van der Waals surface area (Å²) in [5, 5.41) is 0. The van der Waals surface area contributed by atoms with Gasteiger partial charge in [-0.3, -0.25) is 4.79 Å². The van der Waals surface area contributed by atoms with Gasteiger partial charge in [-0.25, -0.2) is 8.42 Å². The minimum absolute atomic E-state index is 0.109. The number of nitrogens with zero attached hydrogens (tertiary/aromatic N) is 2. The molecular formula is C21H24N2O4S. The van der Waals surface area contributed by atoms with Crippen LogP contribution in [0, 0.1) is 0 Å². The largest absolute Gasteiger partial charge is 0.373 e. The van der Waals surface area contributed by atoms with Crippen LogP contribution < -0.4 is 4.90 Å². The van der Waals surface area contributed by atoms with Gasteiger partial charge in [-0.15, -0.1) is 0 Å². The second-order valence-electron chi connectivity index (χ2n) is 7.44. The van der Waals surface area contributed by atoms with Gasteiger partial charge in [0.1, 0.15) is 0 Å². The molecule has 0 N–H and O–H groups in total. The molecule has 0 unspecified atom stereocenters. The standard InChI is InChI=1S/C21H24N2O4S/c1-15-13-22(14-16(2)27-15)28(25,26)19-9-7-18(8-10-19)21(24)23-12-11-17-5-3-4-6-20(17)23/h3-10,15-16H,11-14H2,1-2H3/t15-,16-/m1/s1. The Morgan fingerprint density at radius 1 is 1.00 bits per heavy atom. The Kier molecular flexibility index (Phi) is 4.99. The first-order valence-electron chi connectivity index (χ1n) is 9.51. The topological polar surface area (TPSA) is 66.9 Å². The molecule has 0 spiro atoms. The number of amides is 1. The molecule has 2 heterocycles. The van der Waals surface area contributed by atoms with Crippen LogP contribution >= 0.6 is 0 Å². The lowest BCUT2D eigenvalue weighted by Gasteiger charge is -2.34. The van der Waals surface area contributed by atoms with Crippen molar-refractivity contribution in [2.24, 2.45) is 0 Å². The Morgan fingerprint density at radius 2 is 1.64 bits per heavy atom. The predicted molar refractivity (Wildman–Crippen MR) is 107 cm³/mol. The molecule has 28 heavy (non-hydrogen) atoms. The number of morpholine rings is 1. The SMILES string of the molecule is C[C@@H]1CN(S(=O)(=O)c2ccc(C(=O)N3CCc4ccccc43)cc2)C[C@@H](C)O1. The average Bonchev–Trinajstić information content (AvgIpc) is 3.11. The summed E-state index contributed by atoms with van der Waals surface area (Å²) in [6.07, 6.45) is 0.547. The van der Waals surface area contributed by atoms with E-state index < -0.39 is 10.0 Å². The molecule has 1 saturated heterocycles. The van der Waals surface area contributed by atoms with Crippen LogP contribution in [0.3, 0.4) is 0 Å². The number of carbonyl (C=O) groups excluding carboxylic acids is 1. The summed E-state index contributed by atoms with van der Waals surface area (Å²) in [7, 11) is -3.61. The molecule has 1 amide bonds. The van der Waals surface area contributed by atoms with Gasteiger partial charge in [0, 0.05) is 30.9 Å². The van der Waals surface area contributed by atoms with Gasteiger partial charge >= 0.3 is 0 Å². The van der Waals surface area contributed by atoms with E-state index >= 15 is 0 Å². The highest BCUT2D eigenvalue weighted by Crippen LogP contribution is 2.29. The van der Waals surface area contributed by atoms with Crippen molar-refractivity contribution < 1.29 is 17.9 Å². The number of hydrogen-bond donors (Lipinski definition) is 0. The monoisotopic (exact) mass is 400 g/mol. The maximum atomic E-state index is 13.0. The summed E-state index contributed by atoms with van der Waals surface area (Å²) in [5.74, 6) is -0.109. The fourth-order valence-corrected chi connectivity index (χ4v) is 5.54. The van der Waals surface area contributed by atoms with Crippen LogP contribution in [0.25, 0.3) is 0 Å². The lowest BCUT2D eigenvalue weighted by Crippen LogP contribution is -2.48. The van der Waals surface area contributed by atoms with Crippen molar-refractivity contribution in [1.82, 2.24) is 4.31 Å². The minimum Gasteiger partial charge on any atom is -0.373 e. The summed E-state index contributed by atoms with van der Waals surface area (Å²) in [4.78, 5) is 14.9. The van der Waals surface area contributed by atoms with Gasteiger partial charge in [-0.2, -0.15) is 4.31 Å². The number of rotatable bonds is 3. The molecule has 7 heteroatoms. The molecule has 0 bridgehead atoms. The molecule has 0 aliphatic carbocycles. The average molecular weight is 401 g/mol. The predicted octanol–water partition coefficient (Wildman–Crippen LogP) is 2.69. The van der Waals surface area contributed by atoms with Crippen molar-refractivity contribution in [2.75, 3.05) is 24.5 Å². The third-order valence-electron chi connectivity index (χ3n) is 5.26. The normalized spacial score (nSPS) is 22.9. The second kappa shape index (κ2) is 7.31. The van der Waals surface area contributed by atoms with E-state index in [-0.39, 0.29) is 23.0 Å². The Bertz CT molecular complexity index is 978. The van der Waals surface area contributed by atoms with E-state index in [4.69, 9.17) is 4.74 Å². The number of sulfonamides is 1. The summed E-state index contributed by atoms with van der Waals surface area (Å²) in [6, 6.07) is 14.1. The van der Waals surface area contributed by atoms with E-state index in [2.05, 4.69) is 0 Å². The number of fused-ring (bicyclic) bond motifs is 1. The quantitative estimate of drug-likeness (QED) is 0.795. The lowest BCUT2D eigenvalue weighted by atomic mass is 10.1. The van der Waals surface area contributed by atoms with Crippen LogP contribution in [0.4, 0.5) is 5.69 Å². The van der Waals surface area contributed by atoms with E-state index in [1.54, 1.807) is 17.0 Å². The van der Waals surface area contributed by atoms with Gasteiger partial charge in [0.15, 0.2) is 0 Å². The summed E-state index contributed by atoms with van der Waals surface area (Å²) in [6.45, 7) is 5.04. The first-order valence-corrected chi connectivity index (χ1v) is 11.0. The summed E-state index contributed by atoms with van der Waals surface area (Å²) < 4.78 is 33.0. The van der Waals surface area contributed by atoms with Gasteiger partial charge in [0.05, 0.1) is 17.1 Å². The van der Waals surface area contributed by atoms with E-state index in [0.29, 0.717) is 25.2 Å². The third-order valence-corrected chi connectivity index (χ3v) is 7.10. The molecule has 2 atom stereocenters. The van der Waals surface area contributed by atoms with Crippen molar-refractivity contribution in [2.45, 2.75) is 37.4 Å². The van der Waals surface area contributed by atoms with Crippen LogP contribution in [0.15, 0.2) is 53.4 Å². The van der Waals surface area contributed by atoms with Gasteiger partial charge in [-0.1, -0.05) is 18.2 Å². The third kappa shape index (κ3) is 3.45. The van der Waals surface area contributed by atoms with E-state index in [1.165, 1.54) is 16.4 Å². The highest BCUT2D eigenvalue weighted by atomic mass is 32.2. The van der Waals surface area contributed by atoms with Crippen molar-refractivity contribution in [3.05, 3.63) is 59.7 Å². The first-order chi connectivity index (χ1) is 13.4. The molecule has 148 valence electrons. The lowest BCUT2D eigenvalue weighted by molar-refractivity contribution is -0.0440. The Labute approximate surface area is 165 Å². The number of hydrogen-bond acceptors (Lipinski definition) is 4. The van der Waals surface area contributed by atoms with Crippen molar-refractivity contribution in [3.8, 4) is 0 Å². The zero-order chi connectivity index (χ0) is 19.9. The number of para-hydroxylation sites is 1. The molecule has 2 aliphatic rings. The van der Waals surface area contributed by atoms with E-state index in [1.807, 2.05) is 38.1 Å². The molecule has 4 rings (SSSR count). The van der Waals surface area contributed by atoms with Gasteiger partial charge in [0.2, 0.25) is 10.0 Å².